The lowest BCUT2D eigenvalue weighted by Crippen LogP contribution is -2.18. The molecule has 0 saturated heterocycles. The van der Waals surface area contributed by atoms with Gasteiger partial charge in [0, 0.05) is 0 Å². The number of carbonyl (C=O) groups excluding carboxylic acids is 1. The molecule has 0 fully saturated rings. The number of esters is 1. The van der Waals surface area contributed by atoms with Crippen LogP contribution in [0.1, 0.15) is 13.3 Å². The number of hydrogen-bond acceptors (Lipinski definition) is 3. The fourth-order valence-corrected chi connectivity index (χ4v) is 0.537. The molecule has 0 aliphatic carbocycles. The van der Waals surface area contributed by atoms with Gasteiger partial charge in [-0.2, -0.15) is 0 Å². The Bertz CT molecular complexity index is 86.3. The van der Waals surface area contributed by atoms with Crippen molar-refractivity contribution in [3.8, 4) is 0 Å². The molecule has 0 aromatic rings. The molecule has 54 valence electrons. The summed E-state index contributed by atoms with van der Waals surface area (Å²) in [5.74, 6) is -0.671. The van der Waals surface area contributed by atoms with Crippen LogP contribution in [0.3, 0.4) is 0 Å². The van der Waals surface area contributed by atoms with Gasteiger partial charge in [-0.1, -0.05) is 6.92 Å². The molecule has 0 unspecified atom stereocenters. The summed E-state index contributed by atoms with van der Waals surface area (Å²) < 4.78 is 4.40. The highest BCUT2D eigenvalue weighted by Gasteiger charge is 2.14. The summed E-state index contributed by atoms with van der Waals surface area (Å²) in [7, 11) is 1.32. The monoisotopic (exact) mass is 132 g/mol. The molecule has 9 heavy (non-hydrogen) atoms. The summed E-state index contributed by atoms with van der Waals surface area (Å²) in [4.78, 5) is 10.6. The van der Waals surface area contributed by atoms with Crippen LogP contribution in [0.15, 0.2) is 0 Å². The molecule has 3 heteroatoms. The first-order valence-corrected chi connectivity index (χ1v) is 2.95. The van der Waals surface area contributed by atoms with Crippen LogP contribution in [-0.2, 0) is 9.53 Å². The van der Waals surface area contributed by atoms with Crippen LogP contribution in [0.25, 0.3) is 0 Å². The molecule has 0 aliphatic rings. The van der Waals surface area contributed by atoms with Crippen molar-refractivity contribution in [1.29, 1.82) is 0 Å². The minimum absolute atomic E-state index is 0.122. The van der Waals surface area contributed by atoms with Gasteiger partial charge in [0.1, 0.15) is 0 Å². The molecule has 0 bridgehead atoms. The third-order valence-electron chi connectivity index (χ3n) is 1.25. The number of carbonyl (C=O) groups is 1. The maximum atomic E-state index is 10.6. The maximum absolute atomic E-state index is 10.6. The zero-order valence-corrected chi connectivity index (χ0v) is 5.76. The van der Waals surface area contributed by atoms with Gasteiger partial charge in [-0.3, -0.25) is 4.79 Å². The predicted molar refractivity (Wildman–Crippen MR) is 32.9 cm³/mol. The number of aliphatic hydroxyl groups excluding tert-OH is 1. The van der Waals surface area contributed by atoms with E-state index in [4.69, 9.17) is 5.11 Å². The zero-order valence-electron chi connectivity index (χ0n) is 5.76. The Balaban J connectivity index is 3.64. The second kappa shape index (κ2) is 4.32. The second-order valence-corrected chi connectivity index (χ2v) is 1.81. The van der Waals surface area contributed by atoms with E-state index in [1.54, 1.807) is 0 Å². The van der Waals surface area contributed by atoms with E-state index in [1.165, 1.54) is 7.11 Å². The minimum atomic E-state index is -0.338. The molecule has 0 heterocycles. The van der Waals surface area contributed by atoms with Crippen LogP contribution in [0, 0.1) is 5.92 Å². The second-order valence-electron chi connectivity index (χ2n) is 1.81. The van der Waals surface area contributed by atoms with Crippen LogP contribution in [0.2, 0.25) is 0 Å². The van der Waals surface area contributed by atoms with Crippen LogP contribution < -0.4 is 0 Å². The topological polar surface area (TPSA) is 46.5 Å². The van der Waals surface area contributed by atoms with E-state index < -0.39 is 0 Å². The molecule has 0 aliphatic heterocycles. The summed E-state index contributed by atoms with van der Waals surface area (Å²) >= 11 is 0. The third kappa shape index (κ3) is 2.46. The standard InChI is InChI=1S/C6H12O3/c1-3-5(4-7)6(8)9-2/h5,7H,3-4H2,1-2H3/t5-/m1/s1. The first-order valence-electron chi connectivity index (χ1n) is 2.95. The first kappa shape index (κ1) is 8.43. The van der Waals surface area contributed by atoms with Gasteiger partial charge < -0.3 is 9.84 Å². The summed E-state index contributed by atoms with van der Waals surface area (Å²) in [6, 6.07) is 0. The average molecular weight is 132 g/mol. The molecule has 0 saturated carbocycles. The van der Waals surface area contributed by atoms with Gasteiger partial charge in [0.2, 0.25) is 0 Å². The van der Waals surface area contributed by atoms with Crippen molar-refractivity contribution >= 4 is 5.97 Å². The molecular formula is C6H12O3. The van der Waals surface area contributed by atoms with Gasteiger partial charge in [0.05, 0.1) is 19.6 Å². The van der Waals surface area contributed by atoms with Crippen molar-refractivity contribution in [2.45, 2.75) is 13.3 Å². The molecule has 1 atom stereocenters. The Morgan fingerprint density at radius 2 is 2.33 bits per heavy atom. The van der Waals surface area contributed by atoms with Crippen molar-refractivity contribution < 1.29 is 14.6 Å². The smallest absolute Gasteiger partial charge is 0.310 e. The summed E-state index contributed by atoms with van der Waals surface area (Å²) in [6.07, 6.45) is 0.628. The van der Waals surface area contributed by atoms with Crippen molar-refractivity contribution in [2.75, 3.05) is 13.7 Å². The van der Waals surface area contributed by atoms with E-state index in [2.05, 4.69) is 4.74 Å². The van der Waals surface area contributed by atoms with Crippen molar-refractivity contribution in [3.05, 3.63) is 0 Å². The lowest BCUT2D eigenvalue weighted by Gasteiger charge is -2.06. The van der Waals surface area contributed by atoms with Crippen molar-refractivity contribution in [1.82, 2.24) is 0 Å². The van der Waals surface area contributed by atoms with E-state index >= 15 is 0 Å². The van der Waals surface area contributed by atoms with Gasteiger partial charge >= 0.3 is 5.97 Å². The van der Waals surface area contributed by atoms with E-state index in [0.29, 0.717) is 6.42 Å². The highest BCUT2D eigenvalue weighted by molar-refractivity contribution is 5.72. The maximum Gasteiger partial charge on any atom is 0.310 e. The Morgan fingerprint density at radius 3 is 2.44 bits per heavy atom. The fourth-order valence-electron chi connectivity index (χ4n) is 0.537. The normalized spacial score (nSPS) is 12.8. The van der Waals surface area contributed by atoms with E-state index in [0.717, 1.165) is 0 Å². The molecule has 0 aromatic heterocycles. The quantitative estimate of drug-likeness (QED) is 0.557. The highest BCUT2D eigenvalue weighted by atomic mass is 16.5. The Morgan fingerprint density at radius 1 is 1.78 bits per heavy atom. The van der Waals surface area contributed by atoms with Crippen molar-refractivity contribution in [2.24, 2.45) is 5.92 Å². The predicted octanol–water partition coefficient (Wildman–Crippen LogP) is 0.178. The number of ether oxygens (including phenoxy) is 1. The van der Waals surface area contributed by atoms with Gasteiger partial charge in [-0.15, -0.1) is 0 Å². The van der Waals surface area contributed by atoms with E-state index in [1.807, 2.05) is 6.92 Å². The third-order valence-corrected chi connectivity index (χ3v) is 1.25. The molecule has 3 nitrogen and oxygen atoms in total. The fraction of sp³-hybridized carbons (Fsp3) is 0.833. The number of hydrogen-bond donors (Lipinski definition) is 1. The molecule has 0 rings (SSSR count). The van der Waals surface area contributed by atoms with Gasteiger partial charge in [0.25, 0.3) is 0 Å². The molecule has 0 spiro atoms. The lowest BCUT2D eigenvalue weighted by molar-refractivity contribution is -0.146. The summed E-state index contributed by atoms with van der Waals surface area (Å²) in [5.41, 5.74) is 0. The first-order chi connectivity index (χ1) is 4.26. The van der Waals surface area contributed by atoms with Gasteiger partial charge in [0.15, 0.2) is 0 Å². The lowest BCUT2D eigenvalue weighted by atomic mass is 10.1. The van der Waals surface area contributed by atoms with Gasteiger partial charge in [-0.25, -0.2) is 0 Å². The molecule has 0 amide bonds. The van der Waals surface area contributed by atoms with Crippen LogP contribution in [0.5, 0.6) is 0 Å². The van der Waals surface area contributed by atoms with Crippen molar-refractivity contribution in [3.63, 3.8) is 0 Å². The number of aliphatic hydroxyl groups is 1. The average Bonchev–Trinajstić information content (AvgIpc) is 1.90. The van der Waals surface area contributed by atoms with Crippen LogP contribution >= 0.6 is 0 Å². The van der Waals surface area contributed by atoms with E-state index in [-0.39, 0.29) is 18.5 Å². The Labute approximate surface area is 54.6 Å². The zero-order chi connectivity index (χ0) is 7.28. The van der Waals surface area contributed by atoms with E-state index in [9.17, 15) is 4.79 Å². The van der Waals surface area contributed by atoms with Crippen LogP contribution in [-0.4, -0.2) is 24.8 Å². The molecule has 0 radical (unpaired) electrons. The molecule has 1 N–H and O–H groups in total. The van der Waals surface area contributed by atoms with Gasteiger partial charge in [-0.05, 0) is 6.42 Å². The highest BCUT2D eigenvalue weighted by Crippen LogP contribution is 2.01. The molecule has 0 aromatic carbocycles. The van der Waals surface area contributed by atoms with Crippen LogP contribution in [0.4, 0.5) is 0 Å². The number of rotatable bonds is 3. The Kier molecular flexibility index (Phi) is 4.05. The number of methoxy groups -OCH3 is 1. The summed E-state index contributed by atoms with van der Waals surface area (Å²) in [6.45, 7) is 1.71. The Hall–Kier alpha value is -0.570. The molecular weight excluding hydrogens is 120 g/mol. The summed E-state index contributed by atoms with van der Waals surface area (Å²) in [5, 5.41) is 8.53. The largest absolute Gasteiger partial charge is 0.469 e. The SMILES string of the molecule is CC[C@H](CO)C(=O)OC. The minimum Gasteiger partial charge on any atom is -0.469 e.